The second kappa shape index (κ2) is 3.38. The van der Waals surface area contributed by atoms with Crippen LogP contribution >= 0.6 is 0 Å². The Bertz CT molecular complexity index is 597. The highest BCUT2D eigenvalue weighted by Gasteiger charge is 2.17. The maximum atomic E-state index is 10.1. The predicted molar refractivity (Wildman–Crippen MR) is 61.7 cm³/mol. The SMILES string of the molecule is O=[C]NOC1=Cc2cccc3cccc1c23. The van der Waals surface area contributed by atoms with Gasteiger partial charge in [0.15, 0.2) is 5.76 Å². The molecule has 3 rings (SSSR count). The van der Waals surface area contributed by atoms with Crippen LogP contribution in [0.4, 0.5) is 0 Å². The lowest BCUT2D eigenvalue weighted by Crippen LogP contribution is -2.09. The quantitative estimate of drug-likeness (QED) is 0.623. The molecule has 1 aliphatic rings. The van der Waals surface area contributed by atoms with E-state index in [2.05, 4.69) is 17.6 Å². The first-order chi connectivity index (χ1) is 7.90. The smallest absolute Gasteiger partial charge is 0.344 e. The van der Waals surface area contributed by atoms with Crippen LogP contribution in [0.3, 0.4) is 0 Å². The normalized spacial score (nSPS) is 12.4. The number of hydrogen-bond acceptors (Lipinski definition) is 2. The zero-order valence-corrected chi connectivity index (χ0v) is 8.36. The fourth-order valence-electron chi connectivity index (χ4n) is 2.07. The Morgan fingerprint density at radius 1 is 1.12 bits per heavy atom. The van der Waals surface area contributed by atoms with Crippen LogP contribution in [-0.4, -0.2) is 6.41 Å². The van der Waals surface area contributed by atoms with Gasteiger partial charge in [0.05, 0.1) is 0 Å². The first-order valence-electron chi connectivity index (χ1n) is 4.93. The summed E-state index contributed by atoms with van der Waals surface area (Å²) in [6.07, 6.45) is 3.40. The van der Waals surface area contributed by atoms with Crippen LogP contribution < -0.4 is 5.48 Å². The largest absolute Gasteiger partial charge is 0.378 e. The third-order valence-electron chi connectivity index (χ3n) is 2.69. The summed E-state index contributed by atoms with van der Waals surface area (Å²) in [5.41, 5.74) is 4.20. The zero-order chi connectivity index (χ0) is 11.0. The fraction of sp³-hybridized carbons (Fsp3) is 0. The third kappa shape index (κ3) is 1.18. The Morgan fingerprint density at radius 3 is 2.75 bits per heavy atom. The third-order valence-corrected chi connectivity index (χ3v) is 2.69. The summed E-state index contributed by atoms with van der Waals surface area (Å²) in [5, 5.41) is 2.33. The van der Waals surface area contributed by atoms with Crippen LogP contribution in [0.2, 0.25) is 0 Å². The van der Waals surface area contributed by atoms with Gasteiger partial charge < -0.3 is 4.84 Å². The molecule has 2 aromatic carbocycles. The summed E-state index contributed by atoms with van der Waals surface area (Å²) < 4.78 is 0. The summed E-state index contributed by atoms with van der Waals surface area (Å²) in [7, 11) is 0. The molecule has 0 spiro atoms. The molecule has 1 radical (unpaired) electrons. The molecule has 77 valence electrons. The standard InChI is InChI=1S/C13H8NO2/c15-8-14-16-12-7-10-5-1-3-9-4-2-6-11(12)13(9)10/h1-7H,(H,14,15). The molecule has 0 fully saturated rings. The number of rotatable bonds is 3. The Morgan fingerprint density at radius 2 is 1.94 bits per heavy atom. The second-order valence-electron chi connectivity index (χ2n) is 3.57. The van der Waals surface area contributed by atoms with Crippen LogP contribution in [-0.2, 0) is 9.63 Å². The summed E-state index contributed by atoms with van der Waals surface area (Å²) in [5.74, 6) is 0.648. The summed E-state index contributed by atoms with van der Waals surface area (Å²) in [6, 6.07) is 12.1. The van der Waals surface area contributed by atoms with Crippen LogP contribution in [0.15, 0.2) is 36.4 Å². The molecule has 0 aromatic heterocycles. The maximum absolute atomic E-state index is 10.1. The molecular formula is C13H8NO2. The van der Waals surface area contributed by atoms with E-state index in [1.807, 2.05) is 30.3 Å². The van der Waals surface area contributed by atoms with Crippen molar-refractivity contribution in [2.24, 2.45) is 0 Å². The highest BCUT2D eigenvalue weighted by molar-refractivity contribution is 6.07. The van der Waals surface area contributed by atoms with Gasteiger partial charge >= 0.3 is 6.41 Å². The molecule has 0 aliphatic heterocycles. The first-order valence-corrected chi connectivity index (χ1v) is 4.93. The second-order valence-corrected chi connectivity index (χ2v) is 3.57. The van der Waals surface area contributed by atoms with Gasteiger partial charge in [-0.25, -0.2) is 0 Å². The monoisotopic (exact) mass is 210 g/mol. The minimum atomic E-state index is 0.648. The Hall–Kier alpha value is -2.29. The average molecular weight is 210 g/mol. The zero-order valence-electron chi connectivity index (χ0n) is 8.36. The molecule has 0 unspecified atom stereocenters. The van der Waals surface area contributed by atoms with Gasteiger partial charge in [0.25, 0.3) is 0 Å². The molecule has 16 heavy (non-hydrogen) atoms. The van der Waals surface area contributed by atoms with Gasteiger partial charge in [-0.2, -0.15) is 5.48 Å². The molecule has 0 atom stereocenters. The van der Waals surface area contributed by atoms with Crippen molar-refractivity contribution in [2.75, 3.05) is 0 Å². The lowest BCUT2D eigenvalue weighted by atomic mass is 10.0. The number of benzene rings is 2. The van der Waals surface area contributed by atoms with Gasteiger partial charge in [-0.05, 0) is 17.0 Å². The van der Waals surface area contributed by atoms with Gasteiger partial charge in [-0.1, -0.05) is 36.4 Å². The number of hydrogen-bond donors (Lipinski definition) is 1. The molecular weight excluding hydrogens is 202 g/mol. The van der Waals surface area contributed by atoms with Gasteiger partial charge in [0, 0.05) is 10.9 Å². The van der Waals surface area contributed by atoms with E-state index in [4.69, 9.17) is 4.84 Å². The number of amides is 1. The average Bonchev–Trinajstić information content (AvgIpc) is 2.68. The van der Waals surface area contributed by atoms with Crippen molar-refractivity contribution in [3.05, 3.63) is 47.5 Å². The van der Waals surface area contributed by atoms with Crippen LogP contribution in [0.1, 0.15) is 11.1 Å². The Labute approximate surface area is 92.3 Å². The van der Waals surface area contributed by atoms with E-state index in [9.17, 15) is 4.79 Å². The molecule has 0 saturated carbocycles. The molecule has 1 amide bonds. The number of nitrogens with one attached hydrogen (secondary N) is 1. The number of carbonyl (C=O) groups excluding carboxylic acids is 1. The van der Waals surface area contributed by atoms with Crippen molar-refractivity contribution in [1.29, 1.82) is 0 Å². The first kappa shape index (κ1) is 8.97. The molecule has 0 saturated heterocycles. The topological polar surface area (TPSA) is 38.3 Å². The molecule has 0 bridgehead atoms. The van der Waals surface area contributed by atoms with Crippen molar-refractivity contribution in [1.82, 2.24) is 5.48 Å². The van der Waals surface area contributed by atoms with Crippen molar-refractivity contribution in [2.45, 2.75) is 0 Å². The van der Waals surface area contributed by atoms with Crippen molar-refractivity contribution < 1.29 is 9.63 Å². The molecule has 0 heterocycles. The molecule has 1 aliphatic carbocycles. The van der Waals surface area contributed by atoms with Crippen LogP contribution in [0, 0.1) is 0 Å². The lowest BCUT2D eigenvalue weighted by Gasteiger charge is -2.05. The number of hydroxylamine groups is 1. The van der Waals surface area contributed by atoms with Crippen molar-refractivity contribution in [3.63, 3.8) is 0 Å². The molecule has 3 nitrogen and oxygen atoms in total. The van der Waals surface area contributed by atoms with Gasteiger partial charge in [-0.15, -0.1) is 0 Å². The molecule has 2 aromatic rings. The summed E-state index contributed by atoms with van der Waals surface area (Å²) in [6.45, 7) is 0. The Balaban J connectivity index is 2.18. The minimum Gasteiger partial charge on any atom is -0.378 e. The molecule has 1 N–H and O–H groups in total. The van der Waals surface area contributed by atoms with Crippen LogP contribution in [0.5, 0.6) is 0 Å². The van der Waals surface area contributed by atoms with Crippen LogP contribution in [0.25, 0.3) is 22.6 Å². The molecule has 3 heteroatoms. The van der Waals surface area contributed by atoms with E-state index in [-0.39, 0.29) is 0 Å². The highest BCUT2D eigenvalue weighted by Crippen LogP contribution is 2.36. The van der Waals surface area contributed by atoms with E-state index < -0.39 is 0 Å². The maximum Gasteiger partial charge on any atom is 0.344 e. The van der Waals surface area contributed by atoms with E-state index in [1.165, 1.54) is 11.8 Å². The van der Waals surface area contributed by atoms with E-state index in [0.29, 0.717) is 5.76 Å². The Kier molecular flexibility index (Phi) is 1.90. The minimum absolute atomic E-state index is 0.648. The van der Waals surface area contributed by atoms with Gasteiger partial charge in [0.2, 0.25) is 0 Å². The van der Waals surface area contributed by atoms with Gasteiger partial charge in [-0.3, -0.25) is 4.79 Å². The fourth-order valence-corrected chi connectivity index (χ4v) is 2.07. The highest BCUT2D eigenvalue weighted by atomic mass is 16.7. The summed E-state index contributed by atoms with van der Waals surface area (Å²) >= 11 is 0. The van der Waals surface area contributed by atoms with Crippen molar-refractivity contribution in [3.8, 4) is 0 Å². The van der Waals surface area contributed by atoms with E-state index in [0.717, 1.165) is 16.5 Å². The van der Waals surface area contributed by atoms with E-state index in [1.54, 1.807) is 0 Å². The summed E-state index contributed by atoms with van der Waals surface area (Å²) in [4.78, 5) is 15.2. The van der Waals surface area contributed by atoms with Crippen molar-refractivity contribution >= 4 is 29.0 Å². The van der Waals surface area contributed by atoms with E-state index >= 15 is 0 Å². The van der Waals surface area contributed by atoms with Gasteiger partial charge in [0.1, 0.15) is 0 Å². The lowest BCUT2D eigenvalue weighted by molar-refractivity contribution is 0.217. The predicted octanol–water partition coefficient (Wildman–Crippen LogP) is 2.24.